The molecule has 2 aromatic heterocycles. The predicted molar refractivity (Wildman–Crippen MR) is 168 cm³/mol. The van der Waals surface area contributed by atoms with E-state index >= 15 is 0 Å². The number of ether oxygens (including phenoxy) is 3. The van der Waals surface area contributed by atoms with Crippen molar-refractivity contribution in [1.29, 1.82) is 0 Å². The van der Waals surface area contributed by atoms with Crippen LogP contribution in [0.2, 0.25) is 0 Å². The van der Waals surface area contributed by atoms with Crippen molar-refractivity contribution in [3.63, 3.8) is 0 Å². The Morgan fingerprint density at radius 2 is 1.84 bits per heavy atom. The first kappa shape index (κ1) is 29.4. The van der Waals surface area contributed by atoms with E-state index in [4.69, 9.17) is 14.2 Å². The van der Waals surface area contributed by atoms with Gasteiger partial charge in [0.25, 0.3) is 0 Å². The highest BCUT2D eigenvalue weighted by atomic mass is 16.5. The van der Waals surface area contributed by atoms with Gasteiger partial charge in [-0.1, -0.05) is 18.7 Å². The standard InChI is InChI=1S/C34H37N5O5/c1-5-32(40)39-14-12-23(13-15-39)43-30-17-25-27(18-29(30)42-4)36-20-37-33(25)38-28-16-24(9-10-26(28)34(2,3)41)44-31-11-8-22(19-35-31)21-6-7-21/h5,8-11,16-21,23,41H,1,6-7,12-15H2,2-4H3,(H,36,37,38). The van der Waals surface area contributed by atoms with Gasteiger partial charge in [0.2, 0.25) is 11.8 Å². The summed E-state index contributed by atoms with van der Waals surface area (Å²) in [6.45, 7) is 8.24. The Balaban J connectivity index is 1.28. The van der Waals surface area contributed by atoms with E-state index in [0.717, 1.165) is 0 Å². The summed E-state index contributed by atoms with van der Waals surface area (Å²) in [6, 6.07) is 13.1. The Bertz CT molecular complexity index is 1670. The van der Waals surface area contributed by atoms with E-state index in [1.807, 2.05) is 42.6 Å². The third kappa shape index (κ3) is 6.45. The van der Waals surface area contributed by atoms with Crippen molar-refractivity contribution in [2.24, 2.45) is 0 Å². The average Bonchev–Trinajstić information content (AvgIpc) is 3.87. The third-order valence-electron chi connectivity index (χ3n) is 8.08. The highest BCUT2D eigenvalue weighted by Crippen LogP contribution is 2.41. The number of piperidine rings is 1. The molecule has 1 saturated carbocycles. The first-order valence-electron chi connectivity index (χ1n) is 14.9. The molecule has 0 spiro atoms. The molecule has 3 heterocycles. The molecule has 2 aliphatic rings. The van der Waals surface area contributed by atoms with Gasteiger partial charge in [-0.15, -0.1) is 0 Å². The van der Waals surface area contributed by atoms with Gasteiger partial charge >= 0.3 is 0 Å². The summed E-state index contributed by atoms with van der Waals surface area (Å²) < 4.78 is 18.2. The van der Waals surface area contributed by atoms with Gasteiger partial charge in [0.1, 0.15) is 24.0 Å². The summed E-state index contributed by atoms with van der Waals surface area (Å²) in [5.74, 6) is 3.26. The molecule has 1 aliphatic carbocycles. The molecule has 0 bridgehead atoms. The lowest BCUT2D eigenvalue weighted by atomic mass is 9.96. The van der Waals surface area contributed by atoms with Crippen LogP contribution in [0.15, 0.2) is 67.6 Å². The molecule has 2 N–H and O–H groups in total. The van der Waals surface area contributed by atoms with Gasteiger partial charge in [-0.25, -0.2) is 15.0 Å². The molecular weight excluding hydrogens is 558 g/mol. The number of anilines is 2. The second-order valence-corrected chi connectivity index (χ2v) is 11.8. The first-order chi connectivity index (χ1) is 21.2. The maximum atomic E-state index is 12.0. The molecule has 10 nitrogen and oxygen atoms in total. The van der Waals surface area contributed by atoms with Gasteiger partial charge in [-0.05, 0) is 56.4 Å². The average molecular weight is 596 g/mol. The van der Waals surface area contributed by atoms with Crippen LogP contribution in [0.25, 0.3) is 10.9 Å². The molecule has 4 aromatic rings. The molecular formula is C34H37N5O5. The number of nitrogens with one attached hydrogen (secondary N) is 1. The van der Waals surface area contributed by atoms with E-state index in [9.17, 15) is 9.90 Å². The van der Waals surface area contributed by atoms with Crippen LogP contribution in [-0.4, -0.2) is 57.2 Å². The smallest absolute Gasteiger partial charge is 0.245 e. The van der Waals surface area contributed by atoms with Gasteiger partial charge in [-0.2, -0.15) is 0 Å². The number of pyridine rings is 1. The first-order valence-corrected chi connectivity index (χ1v) is 14.9. The van der Waals surface area contributed by atoms with Crippen molar-refractivity contribution >= 4 is 28.3 Å². The lowest BCUT2D eigenvalue weighted by molar-refractivity contribution is -0.127. The number of nitrogens with zero attached hydrogens (tertiary/aromatic N) is 4. The number of carbonyl (C=O) groups is 1. The number of benzene rings is 2. The van der Waals surface area contributed by atoms with Crippen LogP contribution in [0, 0.1) is 0 Å². The molecule has 228 valence electrons. The Kier molecular flexibility index (Phi) is 8.09. The largest absolute Gasteiger partial charge is 0.493 e. The fourth-order valence-corrected chi connectivity index (χ4v) is 5.50. The number of carbonyl (C=O) groups excluding carboxylic acids is 1. The SMILES string of the molecule is C=CC(=O)N1CCC(Oc2cc3c(Nc4cc(Oc5ccc(C6CC6)cn5)ccc4C(C)(C)O)ncnc3cc2OC)CC1. The van der Waals surface area contributed by atoms with Crippen LogP contribution < -0.4 is 19.5 Å². The van der Waals surface area contributed by atoms with Gasteiger partial charge in [0.15, 0.2) is 11.5 Å². The number of aromatic nitrogens is 3. The summed E-state index contributed by atoms with van der Waals surface area (Å²) in [6.07, 6.45) is 8.42. The molecule has 10 heteroatoms. The van der Waals surface area contributed by atoms with Crippen molar-refractivity contribution in [3.05, 3.63) is 78.8 Å². The zero-order valence-electron chi connectivity index (χ0n) is 25.2. The van der Waals surface area contributed by atoms with Crippen molar-refractivity contribution in [1.82, 2.24) is 19.9 Å². The van der Waals surface area contributed by atoms with Gasteiger partial charge < -0.3 is 29.5 Å². The van der Waals surface area contributed by atoms with Crippen LogP contribution >= 0.6 is 0 Å². The number of hydrogen-bond donors (Lipinski definition) is 2. The number of hydrogen-bond acceptors (Lipinski definition) is 9. The number of methoxy groups -OCH3 is 1. The second kappa shape index (κ2) is 12.1. The zero-order valence-corrected chi connectivity index (χ0v) is 25.2. The van der Waals surface area contributed by atoms with Crippen LogP contribution in [0.4, 0.5) is 11.5 Å². The van der Waals surface area contributed by atoms with E-state index in [-0.39, 0.29) is 12.0 Å². The second-order valence-electron chi connectivity index (χ2n) is 11.8. The maximum absolute atomic E-state index is 12.0. The molecule has 2 aromatic carbocycles. The highest BCUT2D eigenvalue weighted by molar-refractivity contribution is 5.93. The summed E-state index contributed by atoms with van der Waals surface area (Å²) in [4.78, 5) is 27.3. The Morgan fingerprint density at radius 3 is 2.50 bits per heavy atom. The fourth-order valence-electron chi connectivity index (χ4n) is 5.50. The monoisotopic (exact) mass is 595 g/mol. The molecule has 1 aliphatic heterocycles. The van der Waals surface area contributed by atoms with Crippen LogP contribution in [0.3, 0.4) is 0 Å². The minimum Gasteiger partial charge on any atom is -0.493 e. The summed E-state index contributed by atoms with van der Waals surface area (Å²) in [7, 11) is 1.59. The topological polar surface area (TPSA) is 119 Å². The Labute approximate surface area is 256 Å². The summed E-state index contributed by atoms with van der Waals surface area (Å²) in [5, 5.41) is 15.1. The summed E-state index contributed by atoms with van der Waals surface area (Å²) in [5.41, 5.74) is 2.05. The van der Waals surface area contributed by atoms with Crippen LogP contribution in [0.5, 0.6) is 23.1 Å². The van der Waals surface area contributed by atoms with Gasteiger partial charge in [0.05, 0.1) is 18.2 Å². The number of fused-ring (bicyclic) bond motifs is 1. The van der Waals surface area contributed by atoms with Crippen molar-refractivity contribution in [2.75, 3.05) is 25.5 Å². The predicted octanol–water partition coefficient (Wildman–Crippen LogP) is 6.23. The van der Waals surface area contributed by atoms with E-state index in [0.29, 0.717) is 82.9 Å². The lowest BCUT2D eigenvalue weighted by Gasteiger charge is -2.31. The minimum absolute atomic E-state index is 0.0674. The van der Waals surface area contributed by atoms with E-state index in [2.05, 4.69) is 32.9 Å². The molecule has 0 atom stereocenters. The Morgan fingerprint density at radius 1 is 1.05 bits per heavy atom. The Hall–Kier alpha value is -4.70. The van der Waals surface area contributed by atoms with Crippen LogP contribution in [0.1, 0.15) is 56.6 Å². The van der Waals surface area contributed by atoms with Crippen molar-refractivity contribution in [3.8, 4) is 23.1 Å². The maximum Gasteiger partial charge on any atom is 0.245 e. The minimum atomic E-state index is -1.15. The number of amides is 1. The highest BCUT2D eigenvalue weighted by Gasteiger charge is 2.26. The van der Waals surface area contributed by atoms with Crippen molar-refractivity contribution < 1.29 is 24.1 Å². The molecule has 0 radical (unpaired) electrons. The third-order valence-corrected chi connectivity index (χ3v) is 8.08. The van der Waals surface area contributed by atoms with E-state index < -0.39 is 5.60 Å². The molecule has 6 rings (SSSR count). The lowest BCUT2D eigenvalue weighted by Crippen LogP contribution is -2.41. The molecule has 1 amide bonds. The molecule has 1 saturated heterocycles. The summed E-state index contributed by atoms with van der Waals surface area (Å²) >= 11 is 0. The molecule has 44 heavy (non-hydrogen) atoms. The van der Waals surface area contributed by atoms with Crippen molar-refractivity contribution in [2.45, 2.75) is 57.2 Å². The van der Waals surface area contributed by atoms with Gasteiger partial charge in [-0.3, -0.25) is 4.79 Å². The zero-order chi connectivity index (χ0) is 30.8. The van der Waals surface area contributed by atoms with Gasteiger partial charge in [0, 0.05) is 67.0 Å². The van der Waals surface area contributed by atoms with E-state index in [1.54, 1.807) is 25.9 Å². The molecule has 2 fully saturated rings. The number of aliphatic hydroxyl groups is 1. The number of likely N-dealkylation sites (tertiary alicyclic amines) is 1. The fraction of sp³-hybridized carbons (Fsp3) is 0.353. The van der Waals surface area contributed by atoms with E-state index in [1.165, 1.54) is 30.8 Å². The molecule has 0 unspecified atom stereocenters. The van der Waals surface area contributed by atoms with Crippen LogP contribution in [-0.2, 0) is 10.4 Å². The quantitative estimate of drug-likeness (QED) is 0.206. The number of rotatable bonds is 10. The normalized spacial score (nSPS) is 15.6.